The topological polar surface area (TPSA) is 86.8 Å². The van der Waals surface area contributed by atoms with Crippen LogP contribution in [-0.4, -0.2) is 44.3 Å². The fourth-order valence-electron chi connectivity index (χ4n) is 4.61. The molecule has 0 fully saturated rings. The van der Waals surface area contributed by atoms with Crippen LogP contribution in [-0.2, 0) is 32.6 Å². The van der Waals surface area contributed by atoms with E-state index in [1.807, 2.05) is 37.3 Å². The first-order valence-corrected chi connectivity index (χ1v) is 15.7. The lowest BCUT2D eigenvalue weighted by atomic mass is 10.0. The molecule has 7 nitrogen and oxygen atoms in total. The van der Waals surface area contributed by atoms with Gasteiger partial charge in [0.2, 0.25) is 11.8 Å². The Hall–Kier alpha value is -4.21. The zero-order valence-electron chi connectivity index (χ0n) is 23.7. The monoisotopic (exact) mass is 621 g/mol. The van der Waals surface area contributed by atoms with E-state index < -0.39 is 34.3 Å². The maximum Gasteiger partial charge on any atom is 0.264 e. The van der Waals surface area contributed by atoms with Crippen molar-refractivity contribution >= 4 is 39.1 Å². The second-order valence-corrected chi connectivity index (χ2v) is 12.2. The number of sulfonamides is 1. The molecule has 0 radical (unpaired) electrons. The number of amides is 2. The Morgan fingerprint density at radius 1 is 0.860 bits per heavy atom. The van der Waals surface area contributed by atoms with Gasteiger partial charge in [0.1, 0.15) is 18.4 Å². The van der Waals surface area contributed by atoms with Gasteiger partial charge in [0.05, 0.1) is 10.6 Å². The minimum atomic E-state index is -4.30. The zero-order valence-corrected chi connectivity index (χ0v) is 25.3. The van der Waals surface area contributed by atoms with Gasteiger partial charge in [-0.2, -0.15) is 0 Å². The van der Waals surface area contributed by atoms with Gasteiger partial charge in [-0.05, 0) is 66.1 Å². The van der Waals surface area contributed by atoms with Crippen molar-refractivity contribution in [2.24, 2.45) is 0 Å². The molecule has 0 bridgehead atoms. The number of nitrogens with one attached hydrogen (secondary N) is 1. The number of anilines is 1. The van der Waals surface area contributed by atoms with E-state index in [9.17, 15) is 22.4 Å². The van der Waals surface area contributed by atoms with Crippen LogP contribution in [0, 0.1) is 5.82 Å². The number of halogens is 2. The summed E-state index contributed by atoms with van der Waals surface area (Å²) < 4.78 is 42.4. The van der Waals surface area contributed by atoms with Gasteiger partial charge in [-0.1, -0.05) is 79.2 Å². The predicted octanol–water partition coefficient (Wildman–Crippen LogP) is 5.84. The number of hydrogen-bond donors (Lipinski definition) is 1. The molecular weight excluding hydrogens is 589 g/mol. The summed E-state index contributed by atoms with van der Waals surface area (Å²) in [6.07, 6.45) is 0.905. The highest BCUT2D eigenvalue weighted by Gasteiger charge is 2.34. The molecule has 4 rings (SSSR count). The molecule has 224 valence electrons. The average Bonchev–Trinajstić information content (AvgIpc) is 3.01. The number of rotatable bonds is 13. The summed E-state index contributed by atoms with van der Waals surface area (Å²) in [6.45, 7) is 1.75. The third-order valence-corrected chi connectivity index (χ3v) is 8.81. The second kappa shape index (κ2) is 14.8. The first kappa shape index (κ1) is 31.7. The van der Waals surface area contributed by atoms with Crippen molar-refractivity contribution < 1.29 is 22.4 Å². The Kier molecular flexibility index (Phi) is 10.9. The highest BCUT2D eigenvalue weighted by molar-refractivity contribution is 7.92. The molecule has 0 aliphatic rings. The third-order valence-electron chi connectivity index (χ3n) is 6.79. The second-order valence-electron chi connectivity index (χ2n) is 9.95. The molecule has 10 heteroatoms. The maximum absolute atomic E-state index is 14.3. The van der Waals surface area contributed by atoms with Gasteiger partial charge in [-0.3, -0.25) is 13.9 Å². The van der Waals surface area contributed by atoms with Crippen LogP contribution in [0.2, 0.25) is 5.02 Å². The summed E-state index contributed by atoms with van der Waals surface area (Å²) in [4.78, 5) is 29.2. The molecule has 0 aromatic heterocycles. The van der Waals surface area contributed by atoms with E-state index in [4.69, 9.17) is 11.6 Å². The fourth-order valence-corrected chi connectivity index (χ4v) is 6.24. The van der Waals surface area contributed by atoms with Crippen molar-refractivity contribution in [1.82, 2.24) is 10.2 Å². The molecule has 0 heterocycles. The fraction of sp³-hybridized carbons (Fsp3) is 0.212. The average molecular weight is 622 g/mol. The maximum atomic E-state index is 14.3. The number of hydrogen-bond acceptors (Lipinski definition) is 4. The number of para-hydroxylation sites is 1. The minimum absolute atomic E-state index is 0.00959. The van der Waals surface area contributed by atoms with Gasteiger partial charge in [0, 0.05) is 24.5 Å². The lowest BCUT2D eigenvalue weighted by Gasteiger charge is -2.34. The highest BCUT2D eigenvalue weighted by atomic mass is 35.5. The zero-order chi connectivity index (χ0) is 30.8. The minimum Gasteiger partial charge on any atom is -0.354 e. The summed E-state index contributed by atoms with van der Waals surface area (Å²) in [5, 5.41) is 3.37. The molecule has 2 amide bonds. The first-order chi connectivity index (χ1) is 20.7. The molecule has 4 aromatic rings. The van der Waals surface area contributed by atoms with Gasteiger partial charge in [-0.15, -0.1) is 0 Å². The van der Waals surface area contributed by atoms with E-state index in [2.05, 4.69) is 5.32 Å². The van der Waals surface area contributed by atoms with Crippen molar-refractivity contribution in [3.05, 3.63) is 131 Å². The summed E-state index contributed by atoms with van der Waals surface area (Å²) in [5.74, 6) is -1.54. The summed E-state index contributed by atoms with van der Waals surface area (Å²) in [6, 6.07) is 27.9. The summed E-state index contributed by atoms with van der Waals surface area (Å²) >= 11 is 6.25. The van der Waals surface area contributed by atoms with Crippen LogP contribution >= 0.6 is 11.6 Å². The van der Waals surface area contributed by atoms with Crippen molar-refractivity contribution in [3.8, 4) is 0 Å². The van der Waals surface area contributed by atoms with E-state index in [0.717, 1.165) is 34.1 Å². The van der Waals surface area contributed by atoms with Crippen molar-refractivity contribution in [2.45, 2.75) is 37.2 Å². The molecule has 0 saturated heterocycles. The van der Waals surface area contributed by atoms with Gasteiger partial charge in [-0.25, -0.2) is 12.8 Å². The number of nitrogens with zero attached hydrogens (tertiary/aromatic N) is 2. The van der Waals surface area contributed by atoms with Crippen molar-refractivity contribution in [3.63, 3.8) is 0 Å². The number of carbonyl (C=O) groups excluding carboxylic acids is 2. The van der Waals surface area contributed by atoms with Gasteiger partial charge in [0.25, 0.3) is 10.0 Å². The molecule has 0 saturated carbocycles. The Balaban J connectivity index is 1.78. The first-order valence-electron chi connectivity index (χ1n) is 13.9. The van der Waals surface area contributed by atoms with E-state index in [1.165, 1.54) is 4.90 Å². The van der Waals surface area contributed by atoms with Crippen molar-refractivity contribution in [1.29, 1.82) is 0 Å². The predicted molar refractivity (Wildman–Crippen MR) is 167 cm³/mol. The quantitative estimate of drug-likeness (QED) is 0.203. The van der Waals surface area contributed by atoms with Crippen LogP contribution in [0.1, 0.15) is 24.5 Å². The van der Waals surface area contributed by atoms with Crippen LogP contribution in [0.5, 0.6) is 0 Å². The molecule has 1 atom stereocenters. The molecular formula is C33H33ClFN3O4S. The SMILES string of the molecule is CCCNC(=O)[C@@H](Cc1ccccc1)N(Cc1cccc(Cl)c1)C(=O)CN(c1ccccc1)S(=O)(=O)c1ccc(F)cc1. The molecule has 0 aliphatic heterocycles. The largest absolute Gasteiger partial charge is 0.354 e. The van der Waals surface area contributed by atoms with E-state index in [-0.39, 0.29) is 29.5 Å². The smallest absolute Gasteiger partial charge is 0.264 e. The number of benzene rings is 4. The Bertz CT molecular complexity index is 1620. The van der Waals surface area contributed by atoms with E-state index >= 15 is 0 Å². The van der Waals surface area contributed by atoms with E-state index in [0.29, 0.717) is 23.6 Å². The van der Waals surface area contributed by atoms with Crippen LogP contribution in [0.3, 0.4) is 0 Å². The Labute approximate surface area is 257 Å². The lowest BCUT2D eigenvalue weighted by Crippen LogP contribution is -2.53. The standard InChI is InChI=1S/C33H33ClFN3O4S/c1-2-20-36-33(40)31(22-25-10-5-3-6-11-25)37(23-26-12-9-13-27(34)21-26)32(39)24-38(29-14-7-4-8-15-29)43(41,42)30-18-16-28(35)17-19-30/h3-19,21,31H,2,20,22-24H2,1H3,(H,36,40)/t31-/m1/s1. The van der Waals surface area contributed by atoms with Gasteiger partial charge >= 0.3 is 0 Å². The Morgan fingerprint density at radius 2 is 1.49 bits per heavy atom. The summed E-state index contributed by atoms with van der Waals surface area (Å²) in [7, 11) is -4.30. The van der Waals surface area contributed by atoms with Crippen LogP contribution in [0.15, 0.2) is 114 Å². The molecule has 0 spiro atoms. The van der Waals surface area contributed by atoms with Crippen LogP contribution in [0.4, 0.5) is 10.1 Å². The van der Waals surface area contributed by atoms with Gasteiger partial charge < -0.3 is 10.2 Å². The van der Waals surface area contributed by atoms with E-state index in [1.54, 1.807) is 54.6 Å². The van der Waals surface area contributed by atoms with Crippen molar-refractivity contribution in [2.75, 3.05) is 17.4 Å². The third kappa shape index (κ3) is 8.43. The number of carbonyl (C=O) groups is 2. The summed E-state index contributed by atoms with van der Waals surface area (Å²) in [5.41, 5.74) is 1.76. The Morgan fingerprint density at radius 3 is 2.12 bits per heavy atom. The van der Waals surface area contributed by atoms with Crippen LogP contribution < -0.4 is 9.62 Å². The molecule has 0 unspecified atom stereocenters. The lowest BCUT2D eigenvalue weighted by molar-refractivity contribution is -0.140. The highest BCUT2D eigenvalue weighted by Crippen LogP contribution is 2.25. The van der Waals surface area contributed by atoms with Crippen LogP contribution in [0.25, 0.3) is 0 Å². The van der Waals surface area contributed by atoms with Gasteiger partial charge in [0.15, 0.2) is 0 Å². The molecule has 43 heavy (non-hydrogen) atoms. The molecule has 4 aromatic carbocycles. The molecule has 0 aliphatic carbocycles. The molecule has 1 N–H and O–H groups in total. The normalized spacial score (nSPS) is 11.9.